The number of piperidine rings is 1. The highest BCUT2D eigenvalue weighted by molar-refractivity contribution is 5.22. The first-order chi connectivity index (χ1) is 6.77. The van der Waals surface area contributed by atoms with Crippen molar-refractivity contribution in [3.8, 4) is 0 Å². The first-order valence-corrected chi connectivity index (χ1v) is 5.02. The highest BCUT2D eigenvalue weighted by atomic mass is 19.1. The molecule has 0 bridgehead atoms. The van der Waals surface area contributed by atoms with Crippen molar-refractivity contribution >= 4 is 0 Å². The molecule has 14 heavy (non-hydrogen) atoms. The summed E-state index contributed by atoms with van der Waals surface area (Å²) in [4.78, 5) is 0. The van der Waals surface area contributed by atoms with Crippen molar-refractivity contribution in [2.75, 3.05) is 6.54 Å². The van der Waals surface area contributed by atoms with E-state index in [4.69, 9.17) is 5.73 Å². The third kappa shape index (κ3) is 1.94. The molecule has 0 spiro atoms. The summed E-state index contributed by atoms with van der Waals surface area (Å²) in [5.74, 6) is -0.193. The lowest BCUT2D eigenvalue weighted by atomic mass is 9.93. The van der Waals surface area contributed by atoms with Gasteiger partial charge in [-0.3, -0.25) is 0 Å². The van der Waals surface area contributed by atoms with E-state index in [-0.39, 0.29) is 17.9 Å². The Balaban J connectivity index is 2.20. The lowest BCUT2D eigenvalue weighted by molar-refractivity contribution is 0.357. The zero-order valence-electron chi connectivity index (χ0n) is 8.04. The second-order valence-electron chi connectivity index (χ2n) is 3.79. The molecule has 1 aromatic rings. The average Bonchev–Trinajstić information content (AvgIpc) is 2.18. The Morgan fingerprint density at radius 2 is 2.29 bits per heavy atom. The summed E-state index contributed by atoms with van der Waals surface area (Å²) < 4.78 is 13.0. The van der Waals surface area contributed by atoms with Gasteiger partial charge in [-0.2, -0.15) is 0 Å². The van der Waals surface area contributed by atoms with Crippen LogP contribution in [0.15, 0.2) is 24.3 Å². The Hall–Kier alpha value is -0.930. The maximum absolute atomic E-state index is 13.0. The van der Waals surface area contributed by atoms with Gasteiger partial charge >= 0.3 is 0 Å². The van der Waals surface area contributed by atoms with Crippen molar-refractivity contribution in [1.82, 2.24) is 5.32 Å². The third-order valence-corrected chi connectivity index (χ3v) is 2.71. The monoisotopic (exact) mass is 194 g/mol. The van der Waals surface area contributed by atoms with Gasteiger partial charge in [0.1, 0.15) is 5.82 Å². The molecule has 1 saturated heterocycles. The predicted molar refractivity (Wildman–Crippen MR) is 54.4 cm³/mol. The van der Waals surface area contributed by atoms with E-state index in [0.717, 1.165) is 24.9 Å². The topological polar surface area (TPSA) is 38.0 Å². The number of benzene rings is 1. The van der Waals surface area contributed by atoms with Crippen LogP contribution >= 0.6 is 0 Å². The molecule has 3 N–H and O–H groups in total. The van der Waals surface area contributed by atoms with E-state index >= 15 is 0 Å². The summed E-state index contributed by atoms with van der Waals surface area (Å²) in [6.45, 7) is 0.967. The molecule has 0 aliphatic carbocycles. The van der Waals surface area contributed by atoms with Crippen molar-refractivity contribution in [2.45, 2.75) is 24.9 Å². The molecule has 0 radical (unpaired) electrons. The molecule has 0 unspecified atom stereocenters. The van der Waals surface area contributed by atoms with Gasteiger partial charge in [-0.1, -0.05) is 12.1 Å². The molecule has 1 aliphatic rings. The van der Waals surface area contributed by atoms with Crippen LogP contribution in [0, 0.1) is 5.82 Å². The van der Waals surface area contributed by atoms with Gasteiger partial charge in [0.05, 0.1) is 0 Å². The van der Waals surface area contributed by atoms with Crippen LogP contribution < -0.4 is 11.1 Å². The standard InChI is InChI=1S/C11H15FN2/c12-9-4-1-3-8(7-9)11-10(13)5-2-6-14-11/h1,3-4,7,10-11,14H,2,5-6,13H2/t10-,11-/m1/s1. The summed E-state index contributed by atoms with van der Waals surface area (Å²) in [5.41, 5.74) is 6.93. The van der Waals surface area contributed by atoms with Gasteiger partial charge in [0.25, 0.3) is 0 Å². The van der Waals surface area contributed by atoms with Crippen LogP contribution in [0.5, 0.6) is 0 Å². The first kappa shape index (κ1) is 9.62. The van der Waals surface area contributed by atoms with Crippen molar-refractivity contribution in [1.29, 1.82) is 0 Å². The third-order valence-electron chi connectivity index (χ3n) is 2.71. The Morgan fingerprint density at radius 1 is 1.43 bits per heavy atom. The van der Waals surface area contributed by atoms with E-state index in [0.29, 0.717) is 0 Å². The summed E-state index contributed by atoms with van der Waals surface area (Å²) in [6.07, 6.45) is 2.11. The molecule has 0 saturated carbocycles. The number of hydrogen-bond acceptors (Lipinski definition) is 2. The van der Waals surface area contributed by atoms with Crippen LogP contribution in [-0.2, 0) is 0 Å². The Morgan fingerprint density at radius 3 is 3.00 bits per heavy atom. The quantitative estimate of drug-likeness (QED) is 0.712. The summed E-state index contributed by atoms with van der Waals surface area (Å²) in [7, 11) is 0. The molecule has 2 nitrogen and oxygen atoms in total. The smallest absolute Gasteiger partial charge is 0.123 e. The molecule has 1 heterocycles. The fourth-order valence-corrected chi connectivity index (χ4v) is 1.98. The van der Waals surface area contributed by atoms with Gasteiger partial charge in [0.2, 0.25) is 0 Å². The highest BCUT2D eigenvalue weighted by Gasteiger charge is 2.22. The lowest BCUT2D eigenvalue weighted by Crippen LogP contribution is -2.42. The molecular formula is C11H15FN2. The minimum atomic E-state index is -0.193. The molecule has 0 amide bonds. The van der Waals surface area contributed by atoms with Crippen molar-refractivity contribution < 1.29 is 4.39 Å². The number of hydrogen-bond donors (Lipinski definition) is 2. The molecule has 2 rings (SSSR count). The maximum atomic E-state index is 13.0. The molecule has 1 aromatic carbocycles. The first-order valence-electron chi connectivity index (χ1n) is 5.02. The van der Waals surface area contributed by atoms with Crippen LogP contribution in [0.3, 0.4) is 0 Å². The second-order valence-corrected chi connectivity index (χ2v) is 3.79. The van der Waals surface area contributed by atoms with E-state index in [9.17, 15) is 4.39 Å². The Labute approximate surface area is 83.3 Å². The molecule has 2 atom stereocenters. The zero-order valence-corrected chi connectivity index (χ0v) is 8.04. The van der Waals surface area contributed by atoms with Gasteiger partial charge in [-0.25, -0.2) is 4.39 Å². The van der Waals surface area contributed by atoms with E-state index in [1.54, 1.807) is 12.1 Å². The van der Waals surface area contributed by atoms with E-state index in [1.165, 1.54) is 6.07 Å². The average molecular weight is 194 g/mol. The normalized spacial score (nSPS) is 27.6. The van der Waals surface area contributed by atoms with Gasteiger partial charge in [-0.05, 0) is 37.1 Å². The second kappa shape index (κ2) is 4.07. The van der Waals surface area contributed by atoms with E-state index < -0.39 is 0 Å². The van der Waals surface area contributed by atoms with Crippen LogP contribution in [-0.4, -0.2) is 12.6 Å². The maximum Gasteiger partial charge on any atom is 0.123 e. The summed E-state index contributed by atoms with van der Waals surface area (Å²) in [6, 6.07) is 6.88. The van der Waals surface area contributed by atoms with Crippen molar-refractivity contribution in [3.05, 3.63) is 35.6 Å². The van der Waals surface area contributed by atoms with Gasteiger partial charge in [0.15, 0.2) is 0 Å². The lowest BCUT2D eigenvalue weighted by Gasteiger charge is -2.30. The fourth-order valence-electron chi connectivity index (χ4n) is 1.98. The van der Waals surface area contributed by atoms with Gasteiger partial charge < -0.3 is 11.1 Å². The molecule has 3 heteroatoms. The number of halogens is 1. The molecule has 1 aliphatic heterocycles. The molecular weight excluding hydrogens is 179 g/mol. The van der Waals surface area contributed by atoms with Crippen LogP contribution in [0.25, 0.3) is 0 Å². The number of rotatable bonds is 1. The fraction of sp³-hybridized carbons (Fsp3) is 0.455. The van der Waals surface area contributed by atoms with Crippen molar-refractivity contribution in [3.63, 3.8) is 0 Å². The van der Waals surface area contributed by atoms with Crippen LogP contribution in [0.1, 0.15) is 24.4 Å². The summed E-state index contributed by atoms with van der Waals surface area (Å²) in [5, 5.41) is 3.32. The number of nitrogens with two attached hydrogens (primary N) is 1. The zero-order chi connectivity index (χ0) is 9.97. The minimum absolute atomic E-state index is 0.102. The van der Waals surface area contributed by atoms with E-state index in [1.807, 2.05) is 6.07 Å². The molecule has 1 fully saturated rings. The van der Waals surface area contributed by atoms with Crippen molar-refractivity contribution in [2.24, 2.45) is 5.73 Å². The van der Waals surface area contributed by atoms with Gasteiger partial charge in [0, 0.05) is 12.1 Å². The highest BCUT2D eigenvalue weighted by Crippen LogP contribution is 2.22. The van der Waals surface area contributed by atoms with Crippen LogP contribution in [0.2, 0.25) is 0 Å². The molecule has 76 valence electrons. The Bertz CT molecular complexity index is 314. The Kier molecular flexibility index (Phi) is 2.79. The summed E-state index contributed by atoms with van der Waals surface area (Å²) >= 11 is 0. The SMILES string of the molecule is N[C@@H]1CCCN[C@@H]1c1cccc(F)c1. The van der Waals surface area contributed by atoms with E-state index in [2.05, 4.69) is 5.32 Å². The van der Waals surface area contributed by atoms with Gasteiger partial charge in [-0.15, -0.1) is 0 Å². The minimum Gasteiger partial charge on any atom is -0.326 e. The molecule has 0 aromatic heterocycles. The number of nitrogens with one attached hydrogen (secondary N) is 1. The predicted octanol–water partition coefficient (Wildman–Crippen LogP) is 1.58. The largest absolute Gasteiger partial charge is 0.326 e. The van der Waals surface area contributed by atoms with Crippen LogP contribution in [0.4, 0.5) is 4.39 Å².